The number of ether oxygens (including phenoxy) is 2. The molecular weight excluding hydrogens is 384 g/mol. The van der Waals surface area contributed by atoms with Crippen molar-refractivity contribution in [2.75, 3.05) is 56.6 Å². The van der Waals surface area contributed by atoms with E-state index in [0.29, 0.717) is 55.0 Å². The number of methoxy groups -OCH3 is 2. The Balaban J connectivity index is 3.17. The van der Waals surface area contributed by atoms with Crippen LogP contribution < -0.4 is 16.1 Å². The van der Waals surface area contributed by atoms with Gasteiger partial charge in [0, 0.05) is 46.7 Å². The van der Waals surface area contributed by atoms with Crippen molar-refractivity contribution >= 4 is 23.2 Å². The van der Waals surface area contributed by atoms with Gasteiger partial charge in [0.15, 0.2) is 11.7 Å². The lowest BCUT2D eigenvalue weighted by Crippen LogP contribution is -2.14. The topological polar surface area (TPSA) is 128 Å². The van der Waals surface area contributed by atoms with E-state index in [4.69, 9.17) is 9.47 Å². The summed E-state index contributed by atoms with van der Waals surface area (Å²) in [7, 11) is 3.32. The second-order valence-corrected chi connectivity index (χ2v) is 6.31. The van der Waals surface area contributed by atoms with Crippen molar-refractivity contribution in [3.63, 3.8) is 0 Å². The van der Waals surface area contributed by atoms with Gasteiger partial charge in [-0.15, -0.1) is 5.11 Å². The minimum Gasteiger partial charge on any atom is -0.385 e. The van der Waals surface area contributed by atoms with Gasteiger partial charge in [-0.2, -0.15) is 15.5 Å². The first-order valence-corrected chi connectivity index (χ1v) is 9.81. The van der Waals surface area contributed by atoms with E-state index in [-0.39, 0.29) is 0 Å². The van der Waals surface area contributed by atoms with E-state index in [1.807, 2.05) is 13.8 Å². The summed E-state index contributed by atoms with van der Waals surface area (Å²) in [4.78, 5) is 4.63. The van der Waals surface area contributed by atoms with Gasteiger partial charge in [-0.1, -0.05) is 6.08 Å². The van der Waals surface area contributed by atoms with Crippen molar-refractivity contribution in [2.45, 2.75) is 33.6 Å². The Bertz CT molecular complexity index is 784. The van der Waals surface area contributed by atoms with Crippen LogP contribution in [-0.2, 0) is 9.47 Å². The van der Waals surface area contributed by atoms with Crippen LogP contribution in [0.25, 0.3) is 0 Å². The summed E-state index contributed by atoms with van der Waals surface area (Å²) in [6, 6.07) is 2.23. The minimum absolute atomic E-state index is 0.443. The summed E-state index contributed by atoms with van der Waals surface area (Å²) >= 11 is 0. The number of hydrogen-bond acceptors (Lipinski definition) is 9. The largest absolute Gasteiger partial charge is 0.385 e. The molecule has 0 fully saturated rings. The van der Waals surface area contributed by atoms with Gasteiger partial charge in [0.25, 0.3) is 0 Å². The molecule has 1 aromatic heterocycles. The van der Waals surface area contributed by atoms with Crippen LogP contribution in [0.4, 0.5) is 17.3 Å². The van der Waals surface area contributed by atoms with Crippen LogP contribution in [0, 0.1) is 18.3 Å². The van der Waals surface area contributed by atoms with E-state index in [9.17, 15) is 5.26 Å². The number of azo groups is 1. The maximum atomic E-state index is 9.69. The van der Waals surface area contributed by atoms with Crippen molar-refractivity contribution in [3.8, 4) is 6.07 Å². The first kappa shape index (κ1) is 25.0. The molecule has 0 saturated heterocycles. The highest BCUT2D eigenvalue weighted by atomic mass is 16.5. The molecule has 0 amide bonds. The Morgan fingerprint density at radius 2 is 1.77 bits per heavy atom. The first-order chi connectivity index (χ1) is 14.6. The molecule has 0 aromatic carbocycles. The Morgan fingerprint density at radius 3 is 2.33 bits per heavy atom. The summed E-state index contributed by atoms with van der Waals surface area (Å²) in [5.41, 5.74) is 4.79. The number of hydrogen-bond donors (Lipinski definition) is 3. The lowest BCUT2D eigenvalue weighted by molar-refractivity contribution is 0.197. The maximum Gasteiger partial charge on any atom is 0.167 e. The van der Waals surface area contributed by atoms with Crippen LogP contribution in [-0.4, -0.2) is 51.3 Å². The summed E-state index contributed by atoms with van der Waals surface area (Å²) in [6.45, 7) is 8.01. The number of anilines is 3. The van der Waals surface area contributed by atoms with Crippen molar-refractivity contribution in [2.24, 2.45) is 15.3 Å². The van der Waals surface area contributed by atoms with Crippen LogP contribution in [0.2, 0.25) is 0 Å². The average Bonchev–Trinajstić information content (AvgIpc) is 2.74. The second-order valence-electron chi connectivity index (χ2n) is 6.31. The third-order valence-electron chi connectivity index (χ3n) is 3.94. The van der Waals surface area contributed by atoms with E-state index in [1.54, 1.807) is 33.4 Å². The highest BCUT2D eigenvalue weighted by Crippen LogP contribution is 2.31. The molecule has 0 bridgehead atoms. The number of amidine groups is 1. The number of nitrogens with one attached hydrogen (secondary N) is 3. The zero-order valence-electron chi connectivity index (χ0n) is 18.4. The fourth-order valence-corrected chi connectivity index (χ4v) is 2.42. The molecule has 3 N–H and O–H groups in total. The first-order valence-electron chi connectivity index (χ1n) is 9.81. The molecule has 1 aromatic rings. The fraction of sp³-hybridized carbons (Fsp3) is 0.550. The lowest BCUT2D eigenvalue weighted by Gasteiger charge is -2.17. The summed E-state index contributed by atoms with van der Waals surface area (Å²) in [5.74, 6) is 1.57. The Kier molecular flexibility index (Phi) is 12.4. The highest BCUT2D eigenvalue weighted by molar-refractivity contribution is 5.82. The molecule has 0 aliphatic heterocycles. The van der Waals surface area contributed by atoms with Crippen LogP contribution in [0.3, 0.4) is 0 Å². The fourth-order valence-electron chi connectivity index (χ4n) is 2.42. The quantitative estimate of drug-likeness (QED) is 0.146. The van der Waals surface area contributed by atoms with Gasteiger partial charge in [0.05, 0.1) is 5.56 Å². The van der Waals surface area contributed by atoms with Crippen molar-refractivity contribution in [3.05, 3.63) is 23.4 Å². The molecule has 0 aliphatic carbocycles. The summed E-state index contributed by atoms with van der Waals surface area (Å²) in [6.07, 6.45) is 4.97. The smallest absolute Gasteiger partial charge is 0.167 e. The molecule has 0 atom stereocenters. The highest BCUT2D eigenvalue weighted by Gasteiger charge is 2.17. The molecule has 1 rings (SSSR count). The molecule has 0 spiro atoms. The van der Waals surface area contributed by atoms with Crippen molar-refractivity contribution < 1.29 is 9.47 Å². The number of rotatable bonds is 13. The number of hydrazone groups is 1. The predicted molar refractivity (Wildman–Crippen MR) is 120 cm³/mol. The Hall–Kier alpha value is -3.03. The Morgan fingerprint density at radius 1 is 1.13 bits per heavy atom. The van der Waals surface area contributed by atoms with Gasteiger partial charge in [-0.25, -0.2) is 4.98 Å². The SMILES string of the molecule is CC=CN=NC(C)=NNc1c(NCCCOC)nc(NCCCOC)c(C#N)c1C. The second kappa shape index (κ2) is 14.9. The summed E-state index contributed by atoms with van der Waals surface area (Å²) < 4.78 is 10.2. The van der Waals surface area contributed by atoms with Crippen LogP contribution in [0.1, 0.15) is 37.8 Å². The number of nitriles is 1. The minimum atomic E-state index is 0.443. The van der Waals surface area contributed by atoms with E-state index >= 15 is 0 Å². The lowest BCUT2D eigenvalue weighted by atomic mass is 10.1. The maximum absolute atomic E-state index is 9.69. The molecule has 0 radical (unpaired) electrons. The van der Waals surface area contributed by atoms with Gasteiger partial charge in [-0.05, 0) is 39.2 Å². The molecule has 10 heteroatoms. The van der Waals surface area contributed by atoms with Gasteiger partial charge in [0.2, 0.25) is 0 Å². The normalized spacial score (nSPS) is 11.8. The molecule has 10 nitrogen and oxygen atoms in total. The van der Waals surface area contributed by atoms with Crippen LogP contribution >= 0.6 is 0 Å². The third-order valence-corrected chi connectivity index (χ3v) is 3.94. The Labute approximate surface area is 178 Å². The number of aromatic nitrogens is 1. The molecule has 164 valence electrons. The van der Waals surface area contributed by atoms with Crippen LogP contribution in [0.5, 0.6) is 0 Å². The van der Waals surface area contributed by atoms with E-state index in [1.165, 1.54) is 0 Å². The van der Waals surface area contributed by atoms with Gasteiger partial charge in [-0.3, -0.25) is 5.43 Å². The molecule has 0 saturated carbocycles. The summed E-state index contributed by atoms with van der Waals surface area (Å²) in [5, 5.41) is 28.3. The van der Waals surface area contributed by atoms with Crippen molar-refractivity contribution in [1.29, 1.82) is 5.26 Å². The monoisotopic (exact) mass is 416 g/mol. The number of pyridine rings is 1. The molecule has 0 unspecified atom stereocenters. The average molecular weight is 417 g/mol. The van der Waals surface area contributed by atoms with Crippen molar-refractivity contribution in [1.82, 2.24) is 4.98 Å². The molecular formula is C20H32N8O2. The van der Waals surface area contributed by atoms with E-state index < -0.39 is 0 Å². The van der Waals surface area contributed by atoms with E-state index in [0.717, 1.165) is 18.4 Å². The van der Waals surface area contributed by atoms with Crippen LogP contribution in [0.15, 0.2) is 27.6 Å². The zero-order chi connectivity index (χ0) is 22.2. The predicted octanol–water partition coefficient (Wildman–Crippen LogP) is 3.89. The van der Waals surface area contributed by atoms with Gasteiger partial charge < -0.3 is 20.1 Å². The third kappa shape index (κ3) is 8.55. The number of allylic oxidation sites excluding steroid dienone is 1. The molecule has 0 aliphatic rings. The standard InChI is InChI=1S/C20H32N8O2/c1-6-9-24-26-16(3)27-28-18-15(2)17(14-21)19(22-10-7-12-29-4)25-20(18)23-11-8-13-30-5/h6,9,28H,7-8,10-13H2,1-5H3,(H2,22,23,25). The molecule has 30 heavy (non-hydrogen) atoms. The zero-order valence-corrected chi connectivity index (χ0v) is 18.4. The van der Waals surface area contributed by atoms with Gasteiger partial charge >= 0.3 is 0 Å². The number of nitrogens with zero attached hydrogens (tertiary/aromatic N) is 5. The molecule has 1 heterocycles. The van der Waals surface area contributed by atoms with E-state index in [2.05, 4.69) is 42.4 Å². The van der Waals surface area contributed by atoms with Gasteiger partial charge in [0.1, 0.15) is 17.6 Å².